The average molecular weight is 293 g/mol. The number of carbonyl (C=O) groups excluding carboxylic acids is 1. The van der Waals surface area contributed by atoms with Gasteiger partial charge < -0.3 is 4.57 Å². The minimum atomic E-state index is -0.270. The van der Waals surface area contributed by atoms with Crippen LogP contribution in [-0.4, -0.2) is 15.5 Å². The number of imidazole rings is 1. The van der Waals surface area contributed by atoms with E-state index in [0.29, 0.717) is 12.2 Å². The summed E-state index contributed by atoms with van der Waals surface area (Å²) in [5.41, 5.74) is 4.92. The summed E-state index contributed by atoms with van der Waals surface area (Å²) in [5, 5.41) is 0. The standard InChI is InChI=1S/C17H15N3O2/c21-17(19-22-12-14-4-2-1-3-5-14)15-6-8-16(9-7-15)20-11-10-18-13-20/h1-11,13H,12H2,(H,19,21). The van der Waals surface area contributed by atoms with Gasteiger partial charge in [-0.15, -0.1) is 0 Å². The molecule has 2 aromatic carbocycles. The van der Waals surface area contributed by atoms with Crippen LogP contribution < -0.4 is 5.48 Å². The van der Waals surface area contributed by atoms with E-state index in [-0.39, 0.29) is 5.91 Å². The highest BCUT2D eigenvalue weighted by Crippen LogP contribution is 2.09. The molecule has 5 heteroatoms. The molecule has 1 N–H and O–H groups in total. The van der Waals surface area contributed by atoms with E-state index >= 15 is 0 Å². The second-order valence-corrected chi connectivity index (χ2v) is 4.72. The van der Waals surface area contributed by atoms with Crippen LogP contribution in [0.15, 0.2) is 73.3 Å². The summed E-state index contributed by atoms with van der Waals surface area (Å²) in [6, 6.07) is 16.9. The van der Waals surface area contributed by atoms with Crippen molar-refractivity contribution in [3.05, 3.63) is 84.4 Å². The Morgan fingerprint density at radius 3 is 2.55 bits per heavy atom. The van der Waals surface area contributed by atoms with Crippen molar-refractivity contribution >= 4 is 5.91 Å². The number of hydrogen-bond donors (Lipinski definition) is 1. The molecule has 0 unspecified atom stereocenters. The average Bonchev–Trinajstić information content (AvgIpc) is 3.10. The minimum absolute atomic E-state index is 0.270. The van der Waals surface area contributed by atoms with E-state index in [1.807, 2.05) is 53.2 Å². The van der Waals surface area contributed by atoms with Gasteiger partial charge >= 0.3 is 0 Å². The summed E-state index contributed by atoms with van der Waals surface area (Å²) in [6.45, 7) is 0.333. The molecule has 3 rings (SSSR count). The lowest BCUT2D eigenvalue weighted by Crippen LogP contribution is -2.23. The molecular weight excluding hydrogens is 278 g/mol. The SMILES string of the molecule is O=C(NOCc1ccccc1)c1ccc(-n2ccnc2)cc1. The number of hydroxylamine groups is 1. The second-order valence-electron chi connectivity index (χ2n) is 4.72. The third-order valence-corrected chi connectivity index (χ3v) is 3.18. The number of nitrogens with one attached hydrogen (secondary N) is 1. The smallest absolute Gasteiger partial charge is 0.274 e. The molecule has 0 aliphatic rings. The molecule has 0 radical (unpaired) electrons. The van der Waals surface area contributed by atoms with Gasteiger partial charge in [0.05, 0.1) is 12.9 Å². The fourth-order valence-electron chi connectivity index (χ4n) is 2.01. The van der Waals surface area contributed by atoms with E-state index in [0.717, 1.165) is 11.3 Å². The van der Waals surface area contributed by atoms with Crippen LogP contribution in [0.3, 0.4) is 0 Å². The third-order valence-electron chi connectivity index (χ3n) is 3.18. The minimum Gasteiger partial charge on any atom is -0.306 e. The van der Waals surface area contributed by atoms with Gasteiger partial charge in [0.15, 0.2) is 0 Å². The normalized spacial score (nSPS) is 10.4. The summed E-state index contributed by atoms with van der Waals surface area (Å²) in [6.07, 6.45) is 5.26. The van der Waals surface area contributed by atoms with Gasteiger partial charge in [0.2, 0.25) is 0 Å². The van der Waals surface area contributed by atoms with E-state index in [9.17, 15) is 4.79 Å². The van der Waals surface area contributed by atoms with Crippen molar-refractivity contribution in [2.75, 3.05) is 0 Å². The Kier molecular flexibility index (Phi) is 4.27. The molecule has 0 fully saturated rings. The quantitative estimate of drug-likeness (QED) is 0.736. The van der Waals surface area contributed by atoms with E-state index in [1.165, 1.54) is 0 Å². The summed E-state index contributed by atoms with van der Waals surface area (Å²) in [5.74, 6) is -0.270. The lowest BCUT2D eigenvalue weighted by atomic mass is 10.2. The molecule has 3 aromatic rings. The van der Waals surface area contributed by atoms with Crippen LogP contribution in [0, 0.1) is 0 Å². The van der Waals surface area contributed by atoms with Gasteiger partial charge in [-0.2, -0.15) is 0 Å². The molecule has 5 nitrogen and oxygen atoms in total. The van der Waals surface area contributed by atoms with Crippen LogP contribution >= 0.6 is 0 Å². The van der Waals surface area contributed by atoms with Crippen molar-refractivity contribution in [3.8, 4) is 5.69 Å². The predicted octanol–water partition coefficient (Wildman–Crippen LogP) is 2.73. The first-order valence-corrected chi connectivity index (χ1v) is 6.87. The van der Waals surface area contributed by atoms with Crippen LogP contribution in [0.1, 0.15) is 15.9 Å². The predicted molar refractivity (Wildman–Crippen MR) is 82.3 cm³/mol. The third kappa shape index (κ3) is 3.39. The maximum atomic E-state index is 12.0. The van der Waals surface area contributed by atoms with Crippen LogP contribution in [-0.2, 0) is 11.4 Å². The highest BCUT2D eigenvalue weighted by molar-refractivity contribution is 5.93. The zero-order valence-electron chi connectivity index (χ0n) is 11.8. The van der Waals surface area contributed by atoms with Gasteiger partial charge in [-0.3, -0.25) is 9.63 Å². The lowest BCUT2D eigenvalue weighted by molar-refractivity contribution is 0.0233. The Morgan fingerprint density at radius 1 is 1.09 bits per heavy atom. The fraction of sp³-hybridized carbons (Fsp3) is 0.0588. The number of hydrogen-bond acceptors (Lipinski definition) is 3. The van der Waals surface area contributed by atoms with Crippen molar-refractivity contribution in [3.63, 3.8) is 0 Å². The highest BCUT2D eigenvalue weighted by Gasteiger charge is 2.05. The molecule has 0 aliphatic heterocycles. The summed E-state index contributed by atoms with van der Waals surface area (Å²) < 4.78 is 1.87. The van der Waals surface area contributed by atoms with E-state index in [4.69, 9.17) is 4.84 Å². The zero-order chi connectivity index (χ0) is 15.2. The second kappa shape index (κ2) is 6.69. The van der Waals surface area contributed by atoms with Gasteiger partial charge in [0.25, 0.3) is 5.91 Å². The lowest BCUT2D eigenvalue weighted by Gasteiger charge is -2.07. The number of aromatic nitrogens is 2. The molecule has 1 aromatic heterocycles. The van der Waals surface area contributed by atoms with Crippen molar-refractivity contribution in [2.24, 2.45) is 0 Å². The molecule has 22 heavy (non-hydrogen) atoms. The summed E-state index contributed by atoms with van der Waals surface area (Å²) in [7, 11) is 0. The maximum Gasteiger partial charge on any atom is 0.274 e. The molecular formula is C17H15N3O2. The highest BCUT2D eigenvalue weighted by atomic mass is 16.6. The van der Waals surface area contributed by atoms with Gasteiger partial charge in [-0.25, -0.2) is 10.5 Å². The van der Waals surface area contributed by atoms with Gasteiger partial charge in [-0.05, 0) is 29.8 Å². The Hall–Kier alpha value is -2.92. The number of amides is 1. The summed E-state index contributed by atoms with van der Waals surface area (Å²) in [4.78, 5) is 21.2. The van der Waals surface area contributed by atoms with E-state index in [2.05, 4.69) is 10.5 Å². The number of carbonyl (C=O) groups is 1. The number of benzene rings is 2. The summed E-state index contributed by atoms with van der Waals surface area (Å²) >= 11 is 0. The molecule has 0 spiro atoms. The first-order valence-electron chi connectivity index (χ1n) is 6.87. The van der Waals surface area contributed by atoms with Gasteiger partial charge in [0, 0.05) is 23.6 Å². The number of rotatable bonds is 5. The fourth-order valence-corrected chi connectivity index (χ4v) is 2.01. The molecule has 0 saturated carbocycles. The maximum absolute atomic E-state index is 12.0. The van der Waals surface area contributed by atoms with Crippen LogP contribution in [0.4, 0.5) is 0 Å². The Balaban J connectivity index is 1.56. The van der Waals surface area contributed by atoms with Crippen molar-refractivity contribution < 1.29 is 9.63 Å². The van der Waals surface area contributed by atoms with Crippen molar-refractivity contribution in [2.45, 2.75) is 6.61 Å². The van der Waals surface area contributed by atoms with E-state index < -0.39 is 0 Å². The first kappa shape index (κ1) is 14.0. The van der Waals surface area contributed by atoms with E-state index in [1.54, 1.807) is 24.7 Å². The molecule has 0 atom stereocenters. The molecule has 110 valence electrons. The monoisotopic (exact) mass is 293 g/mol. The molecule has 0 aliphatic carbocycles. The van der Waals surface area contributed by atoms with Crippen molar-refractivity contribution in [1.82, 2.24) is 15.0 Å². The first-order chi connectivity index (χ1) is 10.8. The van der Waals surface area contributed by atoms with Crippen LogP contribution in [0.2, 0.25) is 0 Å². The van der Waals surface area contributed by atoms with Gasteiger partial charge in [0.1, 0.15) is 0 Å². The molecule has 1 amide bonds. The molecule has 0 bridgehead atoms. The Bertz CT molecular complexity index is 722. The molecule has 0 saturated heterocycles. The Morgan fingerprint density at radius 2 is 1.86 bits per heavy atom. The molecule has 1 heterocycles. The topological polar surface area (TPSA) is 56.1 Å². The largest absolute Gasteiger partial charge is 0.306 e. The van der Waals surface area contributed by atoms with Crippen LogP contribution in [0.5, 0.6) is 0 Å². The number of nitrogens with zero attached hydrogens (tertiary/aromatic N) is 2. The van der Waals surface area contributed by atoms with Crippen LogP contribution in [0.25, 0.3) is 5.69 Å². The Labute approximate surface area is 128 Å². The van der Waals surface area contributed by atoms with Gasteiger partial charge in [-0.1, -0.05) is 30.3 Å². The van der Waals surface area contributed by atoms with Crippen molar-refractivity contribution in [1.29, 1.82) is 0 Å². The zero-order valence-corrected chi connectivity index (χ0v) is 11.8.